The van der Waals surface area contributed by atoms with Crippen molar-refractivity contribution >= 4 is 15.7 Å². The average molecular weight is 494 g/mol. The highest BCUT2D eigenvalue weighted by Gasteiger charge is 2.40. The molecule has 1 aliphatic heterocycles. The van der Waals surface area contributed by atoms with Gasteiger partial charge >= 0.3 is 0 Å². The van der Waals surface area contributed by atoms with Crippen LogP contribution >= 0.6 is 0 Å². The molecule has 1 aromatic heterocycles. The molecule has 0 spiro atoms. The lowest BCUT2D eigenvalue weighted by Crippen LogP contribution is -2.46. The largest absolute Gasteiger partial charge is 0.362 e. The minimum Gasteiger partial charge on any atom is -0.362 e. The van der Waals surface area contributed by atoms with E-state index in [1.54, 1.807) is 6.07 Å². The lowest BCUT2D eigenvalue weighted by atomic mass is 9.99. The lowest BCUT2D eigenvalue weighted by molar-refractivity contribution is -0.132. The smallest absolute Gasteiger partial charge is 0.237 e. The van der Waals surface area contributed by atoms with Gasteiger partial charge in [-0.1, -0.05) is 6.07 Å². The third-order valence-electron chi connectivity index (χ3n) is 6.55. The summed E-state index contributed by atoms with van der Waals surface area (Å²) in [6, 6.07) is 4.28. The molecule has 184 valence electrons. The van der Waals surface area contributed by atoms with Crippen molar-refractivity contribution in [2.75, 3.05) is 19.9 Å². The maximum absolute atomic E-state index is 14.7. The van der Waals surface area contributed by atoms with Gasteiger partial charge in [0, 0.05) is 37.2 Å². The minimum atomic E-state index is -3.43. The van der Waals surface area contributed by atoms with E-state index in [4.69, 9.17) is 4.74 Å². The van der Waals surface area contributed by atoms with E-state index in [0.717, 1.165) is 25.5 Å². The van der Waals surface area contributed by atoms with Gasteiger partial charge in [-0.3, -0.25) is 9.69 Å². The third-order valence-corrected chi connectivity index (χ3v) is 7.55. The summed E-state index contributed by atoms with van der Waals surface area (Å²) in [5.74, 6) is -1.21. The highest BCUT2D eigenvalue weighted by atomic mass is 32.2. The van der Waals surface area contributed by atoms with Crippen molar-refractivity contribution in [2.45, 2.75) is 55.9 Å². The number of amides is 1. The van der Waals surface area contributed by atoms with Crippen LogP contribution < -0.4 is 5.32 Å². The number of likely N-dealkylation sites (tertiary alicyclic amines) is 1. The van der Waals surface area contributed by atoms with Crippen LogP contribution in [0.4, 0.5) is 8.78 Å². The van der Waals surface area contributed by atoms with Gasteiger partial charge in [-0.05, 0) is 62.3 Å². The second-order valence-electron chi connectivity index (χ2n) is 9.13. The summed E-state index contributed by atoms with van der Waals surface area (Å²) >= 11 is 0. The number of hydrogen-bond acceptors (Lipinski definition) is 6. The average Bonchev–Trinajstić information content (AvgIpc) is 3.52. The highest BCUT2D eigenvalue weighted by Crippen LogP contribution is 2.42. The molecule has 1 N–H and O–H groups in total. The van der Waals surface area contributed by atoms with Gasteiger partial charge in [0.05, 0.1) is 12.1 Å². The molecule has 2 aliphatic rings. The van der Waals surface area contributed by atoms with E-state index in [1.165, 1.54) is 38.4 Å². The number of hydrogen-bond donors (Lipinski definition) is 1. The number of sulfone groups is 1. The van der Waals surface area contributed by atoms with Crippen LogP contribution in [0.5, 0.6) is 0 Å². The summed E-state index contributed by atoms with van der Waals surface area (Å²) < 4.78 is 58.0. The SMILES string of the molecule is COC(c1ccc(S(C)(=O)=O)nc1)N1CCC[C@@H]1C(=O)N[C@@H](c1cc(F)c(C)cc1F)C1CC1. The molecule has 1 aliphatic carbocycles. The predicted octanol–water partition coefficient (Wildman–Crippen LogP) is 3.45. The Bertz CT molecular complexity index is 1170. The molecular formula is C24H29F2N3O4S. The normalized spacial score (nSPS) is 20.8. The number of methoxy groups -OCH3 is 1. The molecular weight excluding hydrogens is 464 g/mol. The summed E-state index contributed by atoms with van der Waals surface area (Å²) in [5, 5.41) is 2.94. The Morgan fingerprint density at radius 2 is 1.94 bits per heavy atom. The molecule has 1 saturated heterocycles. The van der Waals surface area contributed by atoms with E-state index in [-0.39, 0.29) is 28.0 Å². The van der Waals surface area contributed by atoms with E-state index >= 15 is 0 Å². The maximum Gasteiger partial charge on any atom is 0.237 e. The number of rotatable bonds is 8. The van der Waals surface area contributed by atoms with Crippen LogP contribution in [0.1, 0.15) is 54.6 Å². The van der Waals surface area contributed by atoms with Crippen LogP contribution in [0.3, 0.4) is 0 Å². The van der Waals surface area contributed by atoms with Gasteiger partial charge in [0.1, 0.15) is 17.9 Å². The lowest BCUT2D eigenvalue weighted by Gasteiger charge is -2.32. The van der Waals surface area contributed by atoms with E-state index in [1.807, 2.05) is 4.90 Å². The Morgan fingerprint density at radius 1 is 1.21 bits per heavy atom. The molecule has 34 heavy (non-hydrogen) atoms. The quantitative estimate of drug-likeness (QED) is 0.606. The highest BCUT2D eigenvalue weighted by molar-refractivity contribution is 7.90. The Morgan fingerprint density at radius 3 is 2.53 bits per heavy atom. The van der Waals surface area contributed by atoms with Crippen LogP contribution in [-0.4, -0.2) is 50.2 Å². The van der Waals surface area contributed by atoms with Crippen LogP contribution in [0.25, 0.3) is 0 Å². The minimum absolute atomic E-state index is 0.0403. The van der Waals surface area contributed by atoms with Gasteiger partial charge < -0.3 is 10.1 Å². The number of benzene rings is 1. The number of aromatic nitrogens is 1. The number of ether oxygens (including phenoxy) is 1. The van der Waals surface area contributed by atoms with Crippen LogP contribution in [-0.2, 0) is 19.4 Å². The molecule has 1 saturated carbocycles. The van der Waals surface area contributed by atoms with Crippen molar-refractivity contribution in [3.05, 3.63) is 58.8 Å². The van der Waals surface area contributed by atoms with Gasteiger partial charge in [0.2, 0.25) is 5.91 Å². The summed E-state index contributed by atoms with van der Waals surface area (Å²) in [4.78, 5) is 19.3. The summed E-state index contributed by atoms with van der Waals surface area (Å²) in [6.45, 7) is 2.09. The van der Waals surface area contributed by atoms with E-state index in [9.17, 15) is 22.0 Å². The Balaban J connectivity index is 1.55. The molecule has 7 nitrogen and oxygen atoms in total. The van der Waals surface area contributed by atoms with Gasteiger partial charge in [-0.25, -0.2) is 22.2 Å². The molecule has 0 radical (unpaired) electrons. The fourth-order valence-electron chi connectivity index (χ4n) is 4.60. The van der Waals surface area contributed by atoms with E-state index < -0.39 is 39.8 Å². The van der Waals surface area contributed by atoms with Gasteiger partial charge in [0.25, 0.3) is 0 Å². The maximum atomic E-state index is 14.7. The van der Waals surface area contributed by atoms with Crippen LogP contribution in [0.2, 0.25) is 0 Å². The number of nitrogens with one attached hydrogen (secondary N) is 1. The summed E-state index contributed by atoms with van der Waals surface area (Å²) in [7, 11) is -1.92. The number of halogens is 2. The van der Waals surface area contributed by atoms with Gasteiger partial charge in [0.15, 0.2) is 14.9 Å². The molecule has 2 heterocycles. The molecule has 4 rings (SSSR count). The zero-order valence-electron chi connectivity index (χ0n) is 19.4. The first-order chi connectivity index (χ1) is 16.1. The van der Waals surface area contributed by atoms with Crippen molar-refractivity contribution < 1.29 is 26.7 Å². The fraction of sp³-hybridized carbons (Fsp3) is 0.500. The number of nitrogens with zero attached hydrogens (tertiary/aromatic N) is 2. The third kappa shape index (κ3) is 5.13. The molecule has 1 amide bonds. The number of carbonyl (C=O) groups is 1. The Labute approximate surface area is 198 Å². The summed E-state index contributed by atoms with van der Waals surface area (Å²) in [5.41, 5.74) is 1.02. The second-order valence-corrected chi connectivity index (χ2v) is 11.1. The van der Waals surface area contributed by atoms with Crippen molar-refractivity contribution in [3.8, 4) is 0 Å². The van der Waals surface area contributed by atoms with Crippen molar-refractivity contribution in [1.82, 2.24) is 15.2 Å². The molecule has 2 fully saturated rings. The zero-order chi connectivity index (χ0) is 24.6. The molecule has 3 atom stereocenters. The second kappa shape index (κ2) is 9.67. The molecule has 2 aromatic rings. The fourth-order valence-corrected chi connectivity index (χ4v) is 5.16. The number of carbonyl (C=O) groups excluding carboxylic acids is 1. The number of pyridine rings is 1. The van der Waals surface area contributed by atoms with Gasteiger partial charge in [-0.2, -0.15) is 0 Å². The molecule has 1 unspecified atom stereocenters. The summed E-state index contributed by atoms with van der Waals surface area (Å²) in [6.07, 6.45) is 4.95. The van der Waals surface area contributed by atoms with Crippen molar-refractivity contribution in [3.63, 3.8) is 0 Å². The first kappa shape index (κ1) is 24.7. The standard InChI is InChI=1S/C24H29F2N3O4S/c1-14-11-19(26)17(12-18(14)25)22(15-6-7-15)28-23(30)20-5-4-10-29(20)24(33-2)16-8-9-21(27-13-16)34(3,31)32/h8-9,11-13,15,20,22,24H,4-7,10H2,1-3H3,(H,28,30)/t20-,22-,24?/m1/s1. The topological polar surface area (TPSA) is 88.6 Å². The van der Waals surface area contributed by atoms with E-state index in [2.05, 4.69) is 10.3 Å². The first-order valence-corrected chi connectivity index (χ1v) is 13.2. The zero-order valence-corrected chi connectivity index (χ0v) is 20.2. The first-order valence-electron chi connectivity index (χ1n) is 11.3. The van der Waals surface area contributed by atoms with E-state index in [0.29, 0.717) is 18.5 Å². The molecule has 0 bridgehead atoms. The molecule has 10 heteroatoms. The predicted molar refractivity (Wildman–Crippen MR) is 122 cm³/mol. The van der Waals surface area contributed by atoms with Gasteiger partial charge in [-0.15, -0.1) is 0 Å². The van der Waals surface area contributed by atoms with Crippen LogP contribution in [0.15, 0.2) is 35.5 Å². The number of aryl methyl sites for hydroxylation is 1. The monoisotopic (exact) mass is 493 g/mol. The Kier molecular flexibility index (Phi) is 7.02. The van der Waals surface area contributed by atoms with Crippen molar-refractivity contribution in [1.29, 1.82) is 0 Å². The molecule has 1 aromatic carbocycles. The van der Waals surface area contributed by atoms with Crippen LogP contribution in [0, 0.1) is 24.5 Å². The Hall–Kier alpha value is -2.43. The van der Waals surface area contributed by atoms with Crippen molar-refractivity contribution in [2.24, 2.45) is 5.92 Å².